The molecule has 0 spiro atoms. The highest BCUT2D eigenvalue weighted by Crippen LogP contribution is 2.16. The summed E-state index contributed by atoms with van der Waals surface area (Å²) < 4.78 is 4.89. The van der Waals surface area contributed by atoms with E-state index in [1.807, 2.05) is 18.0 Å². The van der Waals surface area contributed by atoms with Crippen molar-refractivity contribution in [1.82, 2.24) is 9.97 Å². The lowest BCUT2D eigenvalue weighted by Crippen LogP contribution is -2.32. The number of anilines is 3. The quantitative estimate of drug-likeness (QED) is 0.625. The third kappa shape index (κ3) is 5.27. The molecule has 0 aliphatic heterocycles. The van der Waals surface area contributed by atoms with Gasteiger partial charge in [-0.05, 0) is 6.42 Å². The molecule has 0 radical (unpaired) electrons. The van der Waals surface area contributed by atoms with Crippen LogP contribution in [0.4, 0.5) is 17.6 Å². The Bertz CT molecular complexity index is 388. The minimum atomic E-state index is -0.571. The van der Waals surface area contributed by atoms with E-state index in [1.165, 1.54) is 0 Å². The normalized spacial score (nSPS) is 12.2. The second kappa shape index (κ2) is 7.75. The SMILES string of the molecule is CCCNc1cc(N(C)CC(O)COC)nc(N)n1. The van der Waals surface area contributed by atoms with Crippen LogP contribution in [0.3, 0.4) is 0 Å². The fraction of sp³-hybridized carbons (Fsp3) is 0.667. The van der Waals surface area contributed by atoms with E-state index in [0.29, 0.717) is 18.2 Å². The molecule has 1 unspecified atom stereocenters. The lowest BCUT2D eigenvalue weighted by molar-refractivity contribution is 0.0694. The Labute approximate surface area is 113 Å². The van der Waals surface area contributed by atoms with Crippen molar-refractivity contribution < 1.29 is 9.84 Å². The minimum absolute atomic E-state index is 0.212. The van der Waals surface area contributed by atoms with Gasteiger partial charge in [0.05, 0.1) is 12.7 Å². The fourth-order valence-electron chi connectivity index (χ4n) is 1.65. The van der Waals surface area contributed by atoms with E-state index >= 15 is 0 Å². The van der Waals surface area contributed by atoms with Crippen LogP contribution in [0.2, 0.25) is 0 Å². The summed E-state index contributed by atoms with van der Waals surface area (Å²) >= 11 is 0. The number of aromatic nitrogens is 2. The maximum Gasteiger partial charge on any atom is 0.223 e. The Morgan fingerprint density at radius 1 is 1.53 bits per heavy atom. The van der Waals surface area contributed by atoms with Crippen molar-refractivity contribution in [2.24, 2.45) is 0 Å². The molecule has 1 heterocycles. The zero-order chi connectivity index (χ0) is 14.3. The molecule has 1 atom stereocenters. The van der Waals surface area contributed by atoms with Gasteiger partial charge in [-0.3, -0.25) is 0 Å². The number of aliphatic hydroxyl groups excluding tert-OH is 1. The summed E-state index contributed by atoms with van der Waals surface area (Å²) in [6.45, 7) is 3.60. The highest BCUT2D eigenvalue weighted by molar-refractivity contribution is 5.52. The molecule has 0 saturated heterocycles. The Balaban J connectivity index is 2.72. The number of nitrogen functional groups attached to an aromatic ring is 1. The first-order valence-electron chi connectivity index (χ1n) is 6.33. The lowest BCUT2D eigenvalue weighted by atomic mass is 10.3. The Kier molecular flexibility index (Phi) is 6.31. The van der Waals surface area contributed by atoms with E-state index < -0.39 is 6.10 Å². The third-order valence-electron chi connectivity index (χ3n) is 2.52. The molecule has 0 fully saturated rings. The number of rotatable bonds is 8. The highest BCUT2D eigenvalue weighted by Gasteiger charge is 2.11. The number of likely N-dealkylation sites (N-methyl/N-ethyl adjacent to an activating group) is 1. The first-order chi connectivity index (χ1) is 9.06. The van der Waals surface area contributed by atoms with Crippen LogP contribution < -0.4 is 16.0 Å². The maximum atomic E-state index is 9.70. The standard InChI is InChI=1S/C12H23N5O2/c1-4-5-14-10-6-11(16-12(13)15-10)17(2)7-9(18)8-19-3/h6,9,18H,4-5,7-8H2,1-3H3,(H3,13,14,15,16). The zero-order valence-corrected chi connectivity index (χ0v) is 11.8. The van der Waals surface area contributed by atoms with E-state index in [4.69, 9.17) is 10.5 Å². The van der Waals surface area contributed by atoms with Crippen molar-refractivity contribution in [2.75, 3.05) is 49.8 Å². The van der Waals surface area contributed by atoms with E-state index in [0.717, 1.165) is 13.0 Å². The van der Waals surface area contributed by atoms with Gasteiger partial charge in [0.25, 0.3) is 0 Å². The zero-order valence-electron chi connectivity index (χ0n) is 11.8. The van der Waals surface area contributed by atoms with Gasteiger partial charge in [0.1, 0.15) is 11.6 Å². The second-order valence-corrected chi connectivity index (χ2v) is 4.39. The monoisotopic (exact) mass is 269 g/mol. The van der Waals surface area contributed by atoms with Crippen molar-refractivity contribution in [2.45, 2.75) is 19.4 Å². The molecule has 1 aromatic heterocycles. The molecule has 0 saturated carbocycles. The van der Waals surface area contributed by atoms with Crippen LogP contribution in [0.1, 0.15) is 13.3 Å². The van der Waals surface area contributed by atoms with Gasteiger partial charge in [-0.1, -0.05) is 6.92 Å². The minimum Gasteiger partial charge on any atom is -0.389 e. The number of nitrogens with two attached hydrogens (primary N) is 1. The molecule has 0 aliphatic carbocycles. The van der Waals surface area contributed by atoms with Gasteiger partial charge >= 0.3 is 0 Å². The molecule has 19 heavy (non-hydrogen) atoms. The van der Waals surface area contributed by atoms with Gasteiger partial charge in [0.2, 0.25) is 5.95 Å². The van der Waals surface area contributed by atoms with E-state index in [9.17, 15) is 5.11 Å². The van der Waals surface area contributed by atoms with Crippen molar-refractivity contribution in [1.29, 1.82) is 0 Å². The lowest BCUT2D eigenvalue weighted by Gasteiger charge is -2.22. The summed E-state index contributed by atoms with van der Waals surface area (Å²) in [6.07, 6.45) is 0.431. The van der Waals surface area contributed by atoms with E-state index in [1.54, 1.807) is 7.11 Å². The van der Waals surface area contributed by atoms with Crippen molar-refractivity contribution in [3.63, 3.8) is 0 Å². The molecule has 0 bridgehead atoms. The van der Waals surface area contributed by atoms with Crippen molar-refractivity contribution >= 4 is 17.6 Å². The smallest absolute Gasteiger partial charge is 0.223 e. The molecule has 0 amide bonds. The number of hydrogen-bond acceptors (Lipinski definition) is 7. The Morgan fingerprint density at radius 2 is 2.26 bits per heavy atom. The number of nitrogens with one attached hydrogen (secondary N) is 1. The predicted octanol–water partition coefficient (Wildman–Crippen LogP) is 0.324. The van der Waals surface area contributed by atoms with Gasteiger partial charge < -0.3 is 25.8 Å². The number of ether oxygens (including phenoxy) is 1. The fourth-order valence-corrected chi connectivity index (χ4v) is 1.65. The predicted molar refractivity (Wildman–Crippen MR) is 76.4 cm³/mol. The summed E-state index contributed by atoms with van der Waals surface area (Å²) in [5, 5.41) is 12.9. The van der Waals surface area contributed by atoms with Gasteiger partial charge in [-0.2, -0.15) is 9.97 Å². The highest BCUT2D eigenvalue weighted by atomic mass is 16.5. The molecular weight excluding hydrogens is 246 g/mol. The van der Waals surface area contributed by atoms with Crippen LogP contribution in [0.25, 0.3) is 0 Å². The van der Waals surface area contributed by atoms with Gasteiger partial charge in [-0.25, -0.2) is 0 Å². The molecule has 0 aromatic carbocycles. The van der Waals surface area contributed by atoms with Crippen molar-refractivity contribution in [3.05, 3.63) is 6.07 Å². The van der Waals surface area contributed by atoms with Crippen LogP contribution in [0, 0.1) is 0 Å². The first-order valence-corrected chi connectivity index (χ1v) is 6.33. The second-order valence-electron chi connectivity index (χ2n) is 4.39. The van der Waals surface area contributed by atoms with Crippen LogP contribution in [-0.4, -0.2) is 55.0 Å². The average Bonchev–Trinajstić information content (AvgIpc) is 2.36. The Hall–Kier alpha value is -1.60. The molecule has 4 N–H and O–H groups in total. The first kappa shape index (κ1) is 15.5. The van der Waals surface area contributed by atoms with E-state index in [-0.39, 0.29) is 12.6 Å². The number of aliphatic hydroxyl groups is 1. The largest absolute Gasteiger partial charge is 0.389 e. The maximum absolute atomic E-state index is 9.70. The van der Waals surface area contributed by atoms with Gasteiger partial charge in [-0.15, -0.1) is 0 Å². The number of methoxy groups -OCH3 is 1. The molecule has 7 nitrogen and oxygen atoms in total. The Morgan fingerprint density at radius 3 is 2.89 bits per heavy atom. The number of nitrogens with zero attached hydrogens (tertiary/aromatic N) is 3. The summed E-state index contributed by atoms with van der Waals surface area (Å²) in [7, 11) is 3.39. The molecule has 0 aliphatic rings. The van der Waals surface area contributed by atoms with Crippen LogP contribution in [-0.2, 0) is 4.74 Å². The number of hydrogen-bond donors (Lipinski definition) is 3. The third-order valence-corrected chi connectivity index (χ3v) is 2.52. The van der Waals surface area contributed by atoms with Crippen LogP contribution in [0.5, 0.6) is 0 Å². The summed E-state index contributed by atoms with van der Waals surface area (Å²) in [5.41, 5.74) is 5.68. The topological polar surface area (TPSA) is 96.5 Å². The van der Waals surface area contributed by atoms with Gasteiger partial charge in [0.15, 0.2) is 0 Å². The molecule has 1 rings (SSSR count). The van der Waals surface area contributed by atoms with Crippen LogP contribution >= 0.6 is 0 Å². The van der Waals surface area contributed by atoms with E-state index in [2.05, 4.69) is 22.2 Å². The molecule has 7 heteroatoms. The summed E-state index contributed by atoms with van der Waals surface area (Å²) in [5.74, 6) is 1.57. The van der Waals surface area contributed by atoms with Crippen LogP contribution in [0.15, 0.2) is 6.07 Å². The van der Waals surface area contributed by atoms with Crippen molar-refractivity contribution in [3.8, 4) is 0 Å². The average molecular weight is 269 g/mol. The molecular formula is C12H23N5O2. The summed E-state index contributed by atoms with van der Waals surface area (Å²) in [6, 6.07) is 1.81. The van der Waals surface area contributed by atoms with Gasteiger partial charge in [0, 0.05) is 33.3 Å². The summed E-state index contributed by atoms with van der Waals surface area (Å²) in [4.78, 5) is 10.1. The molecule has 108 valence electrons. The molecule has 1 aromatic rings.